The summed E-state index contributed by atoms with van der Waals surface area (Å²) < 4.78 is 117. The fourth-order valence-corrected chi connectivity index (χ4v) is 3.19. The van der Waals surface area contributed by atoms with Crippen LogP contribution in [0.3, 0.4) is 0 Å². The molecule has 0 aliphatic carbocycles. The average molecular weight is 569 g/mol. The van der Waals surface area contributed by atoms with Crippen molar-refractivity contribution in [3.05, 3.63) is 67.8 Å². The minimum absolute atomic E-state index is 0.0443. The van der Waals surface area contributed by atoms with Crippen LogP contribution in [0, 0.1) is 3.57 Å². The predicted octanol–water partition coefficient (Wildman–Crippen LogP) is 6.90. The molecule has 31 heavy (non-hydrogen) atoms. The van der Waals surface area contributed by atoms with Gasteiger partial charge in [0.05, 0.1) is 16.7 Å². The Morgan fingerprint density at radius 1 is 0.774 bits per heavy atom. The molecule has 0 heterocycles. The van der Waals surface area contributed by atoms with Crippen LogP contribution in [0.4, 0.5) is 39.5 Å². The zero-order chi connectivity index (χ0) is 23.8. The second kappa shape index (κ2) is 8.87. The van der Waals surface area contributed by atoms with E-state index >= 15 is 0 Å². The lowest BCUT2D eigenvalue weighted by Crippen LogP contribution is -2.28. The lowest BCUT2D eigenvalue weighted by atomic mass is 10.0. The largest absolute Gasteiger partial charge is 0.416 e. The molecule has 0 saturated carbocycles. The summed E-state index contributed by atoms with van der Waals surface area (Å²) in [6.45, 7) is -0.0808. The van der Waals surface area contributed by atoms with Gasteiger partial charge in [0.15, 0.2) is 0 Å². The number of halogens is 10. The van der Waals surface area contributed by atoms with Gasteiger partial charge in [-0.15, -0.1) is 0 Å². The van der Waals surface area contributed by atoms with Crippen molar-refractivity contribution in [1.29, 1.82) is 0 Å². The molecule has 2 aromatic rings. The van der Waals surface area contributed by atoms with E-state index in [1.54, 1.807) is 22.6 Å². The number of carbonyl (C=O) groups excluding carboxylic acids is 1. The molecule has 0 bridgehead atoms. The highest BCUT2D eigenvalue weighted by atomic mass is 127. The summed E-state index contributed by atoms with van der Waals surface area (Å²) in [5.41, 5.74) is -4.50. The van der Waals surface area contributed by atoms with Crippen molar-refractivity contribution in [3.63, 3.8) is 0 Å². The fraction of sp³-hybridized carbons (Fsp3) is 0.316. The molecule has 0 saturated heterocycles. The Labute approximate surface area is 184 Å². The average Bonchev–Trinajstić information content (AvgIpc) is 2.60. The highest BCUT2D eigenvalue weighted by molar-refractivity contribution is 14.1. The second-order valence-corrected chi connectivity index (χ2v) is 7.76. The highest BCUT2D eigenvalue weighted by Gasteiger charge is 2.37. The van der Waals surface area contributed by atoms with Crippen molar-refractivity contribution in [1.82, 2.24) is 4.90 Å². The first-order valence-corrected chi connectivity index (χ1v) is 9.46. The summed E-state index contributed by atoms with van der Waals surface area (Å²) in [6, 6.07) is 3.67. The molecule has 0 aromatic heterocycles. The van der Waals surface area contributed by atoms with Gasteiger partial charge in [0.25, 0.3) is 0 Å². The van der Waals surface area contributed by atoms with E-state index in [0.717, 1.165) is 30.0 Å². The second-order valence-electron chi connectivity index (χ2n) is 6.59. The highest BCUT2D eigenvalue weighted by Crippen LogP contribution is 2.37. The van der Waals surface area contributed by atoms with E-state index in [-0.39, 0.29) is 11.6 Å². The topological polar surface area (TPSA) is 20.3 Å². The van der Waals surface area contributed by atoms with Gasteiger partial charge in [0.2, 0.25) is 5.91 Å². The van der Waals surface area contributed by atoms with Gasteiger partial charge >= 0.3 is 18.5 Å². The van der Waals surface area contributed by atoms with Crippen molar-refractivity contribution in [2.45, 2.75) is 38.5 Å². The minimum atomic E-state index is -5.06. The van der Waals surface area contributed by atoms with Crippen molar-refractivity contribution in [2.24, 2.45) is 0 Å². The summed E-state index contributed by atoms with van der Waals surface area (Å²) in [5.74, 6) is -0.737. The first kappa shape index (κ1) is 25.3. The Hall–Kier alpha value is -1.99. The van der Waals surface area contributed by atoms with Gasteiger partial charge in [-0.1, -0.05) is 0 Å². The molecular formula is C19H13F9INO. The van der Waals surface area contributed by atoms with E-state index < -0.39 is 59.8 Å². The molecule has 1 amide bonds. The third-order valence-electron chi connectivity index (χ3n) is 4.20. The zero-order valence-corrected chi connectivity index (χ0v) is 17.7. The molecule has 12 heteroatoms. The van der Waals surface area contributed by atoms with Gasteiger partial charge < -0.3 is 4.90 Å². The molecule has 2 aromatic carbocycles. The smallest absolute Gasteiger partial charge is 0.334 e. The normalized spacial score (nSPS) is 12.7. The van der Waals surface area contributed by atoms with Crippen LogP contribution >= 0.6 is 22.6 Å². The van der Waals surface area contributed by atoms with Crippen molar-refractivity contribution >= 4 is 28.5 Å². The number of amides is 1. The summed E-state index contributed by atoms with van der Waals surface area (Å²) in [4.78, 5) is 12.8. The molecule has 0 unspecified atom stereocenters. The molecule has 0 atom stereocenters. The molecule has 0 radical (unpaired) electrons. The first-order valence-electron chi connectivity index (χ1n) is 8.38. The van der Waals surface area contributed by atoms with Gasteiger partial charge in [-0.3, -0.25) is 4.79 Å². The molecular weight excluding hydrogens is 556 g/mol. The van der Waals surface area contributed by atoms with Crippen LogP contribution in [-0.4, -0.2) is 10.8 Å². The Morgan fingerprint density at radius 3 is 1.68 bits per heavy atom. The summed E-state index contributed by atoms with van der Waals surface area (Å²) in [5, 5.41) is 0. The Balaban J connectivity index is 2.44. The molecule has 2 rings (SSSR count). The van der Waals surface area contributed by atoms with Gasteiger partial charge in [-0.25, -0.2) is 0 Å². The summed E-state index contributed by atoms with van der Waals surface area (Å²) in [7, 11) is 0. The summed E-state index contributed by atoms with van der Waals surface area (Å²) >= 11 is 1.72. The van der Waals surface area contributed by atoms with Gasteiger partial charge in [0.1, 0.15) is 0 Å². The number of hydrogen-bond donors (Lipinski definition) is 0. The maximum Gasteiger partial charge on any atom is 0.416 e. The number of alkyl halides is 9. The van der Waals surface area contributed by atoms with E-state index in [0.29, 0.717) is 15.7 Å². The number of benzene rings is 2. The molecule has 170 valence electrons. The third-order valence-corrected chi connectivity index (χ3v) is 5.25. The van der Waals surface area contributed by atoms with E-state index in [1.807, 2.05) is 0 Å². The van der Waals surface area contributed by atoms with Gasteiger partial charge in [-0.2, -0.15) is 39.5 Å². The lowest BCUT2D eigenvalue weighted by molar-refractivity contribution is -0.143. The van der Waals surface area contributed by atoms with E-state index in [9.17, 15) is 44.3 Å². The number of nitrogens with zero attached hydrogens (tertiary/aromatic N) is 1. The minimum Gasteiger partial charge on any atom is -0.334 e. The van der Waals surface area contributed by atoms with Crippen LogP contribution < -0.4 is 0 Å². The van der Waals surface area contributed by atoms with Crippen LogP contribution in [0.15, 0.2) is 36.4 Å². The fourth-order valence-electron chi connectivity index (χ4n) is 2.69. The Morgan fingerprint density at radius 2 is 1.26 bits per heavy atom. The van der Waals surface area contributed by atoms with Crippen molar-refractivity contribution < 1.29 is 44.3 Å². The number of hydrogen-bond acceptors (Lipinski definition) is 1. The van der Waals surface area contributed by atoms with E-state index in [2.05, 4.69) is 0 Å². The van der Waals surface area contributed by atoms with Gasteiger partial charge in [-0.05, 0) is 70.1 Å². The molecule has 2 nitrogen and oxygen atoms in total. The van der Waals surface area contributed by atoms with Crippen LogP contribution in [0.2, 0.25) is 0 Å². The number of carbonyl (C=O) groups is 1. The Bertz CT molecular complexity index is 932. The monoisotopic (exact) mass is 569 g/mol. The van der Waals surface area contributed by atoms with Crippen molar-refractivity contribution in [3.8, 4) is 0 Å². The zero-order valence-electron chi connectivity index (χ0n) is 15.5. The predicted molar refractivity (Wildman–Crippen MR) is 101 cm³/mol. The van der Waals surface area contributed by atoms with Crippen LogP contribution in [0.5, 0.6) is 0 Å². The number of rotatable bonds is 4. The van der Waals surface area contributed by atoms with Gasteiger partial charge in [0, 0.05) is 23.6 Å². The molecule has 0 aliphatic rings. The SMILES string of the molecule is CC(=O)N(Cc1cc(C(F)(F)F)cc(C(F)(F)F)c1)Cc1cc(C(F)(F)F)ccc1I. The molecule has 0 fully saturated rings. The lowest BCUT2D eigenvalue weighted by Gasteiger charge is -2.24. The van der Waals surface area contributed by atoms with Crippen LogP contribution in [-0.2, 0) is 36.4 Å². The third kappa shape index (κ3) is 6.74. The molecule has 0 aliphatic heterocycles. The quantitative estimate of drug-likeness (QED) is 0.290. The first-order chi connectivity index (χ1) is 14.0. The maximum atomic E-state index is 13.0. The van der Waals surface area contributed by atoms with E-state index in [4.69, 9.17) is 0 Å². The van der Waals surface area contributed by atoms with E-state index in [1.165, 1.54) is 0 Å². The standard InChI is InChI=1S/C19H13F9INO/c1-10(31)30(9-12-6-13(17(20,21)22)2-3-16(12)29)8-11-4-14(18(23,24)25)7-15(5-11)19(26,27)28/h2-7H,8-9H2,1H3. The summed E-state index contributed by atoms with van der Waals surface area (Å²) in [6.07, 6.45) is -14.8. The van der Waals surface area contributed by atoms with Crippen molar-refractivity contribution in [2.75, 3.05) is 0 Å². The molecule has 0 N–H and O–H groups in total. The maximum absolute atomic E-state index is 13.0. The Kier molecular flexibility index (Phi) is 7.23. The van der Waals surface area contributed by atoms with Crippen LogP contribution in [0.1, 0.15) is 34.7 Å². The molecule has 0 spiro atoms. The van der Waals surface area contributed by atoms with Crippen LogP contribution in [0.25, 0.3) is 0 Å².